The summed E-state index contributed by atoms with van der Waals surface area (Å²) in [6.07, 6.45) is 0.573. The molecule has 2 amide bonds. The van der Waals surface area contributed by atoms with Crippen molar-refractivity contribution in [1.29, 1.82) is 0 Å². The standard InChI is InChI=1S/C29H29N3O6S2/c1-32(40(35,36)27-9-6-18-39-27)22-13-11-21(12-14-22)28(33)31-24-8-5-4-7-23(24)29(34)30-17-16-20-10-15-25(37-2)26(19-20)38-3/h4-15,18-19H,16-17H2,1-3H3,(H,30,34)(H,31,33). The van der Waals surface area contributed by atoms with Crippen LogP contribution in [0.15, 0.2) is 88.5 Å². The van der Waals surface area contributed by atoms with Gasteiger partial charge in [-0.1, -0.05) is 24.3 Å². The van der Waals surface area contributed by atoms with Crippen LogP contribution in [0.2, 0.25) is 0 Å². The van der Waals surface area contributed by atoms with E-state index in [1.807, 2.05) is 18.2 Å². The van der Waals surface area contributed by atoms with Crippen molar-refractivity contribution in [1.82, 2.24) is 5.32 Å². The summed E-state index contributed by atoms with van der Waals surface area (Å²) >= 11 is 1.14. The topological polar surface area (TPSA) is 114 Å². The van der Waals surface area contributed by atoms with Crippen LogP contribution in [0.5, 0.6) is 11.5 Å². The van der Waals surface area contributed by atoms with Crippen LogP contribution in [0.4, 0.5) is 11.4 Å². The molecule has 0 aliphatic rings. The minimum atomic E-state index is -3.68. The molecule has 4 aromatic rings. The number of hydrogen-bond acceptors (Lipinski definition) is 7. The molecule has 4 rings (SSSR count). The molecule has 0 spiro atoms. The van der Waals surface area contributed by atoms with Crippen LogP contribution in [-0.2, 0) is 16.4 Å². The molecule has 0 atom stereocenters. The Balaban J connectivity index is 1.39. The Hall–Kier alpha value is -4.35. The monoisotopic (exact) mass is 579 g/mol. The van der Waals surface area contributed by atoms with Crippen molar-refractivity contribution >= 4 is 44.5 Å². The van der Waals surface area contributed by atoms with Gasteiger partial charge in [0.1, 0.15) is 4.21 Å². The Kier molecular flexibility index (Phi) is 9.08. The average Bonchev–Trinajstić information content (AvgIpc) is 3.53. The van der Waals surface area contributed by atoms with E-state index >= 15 is 0 Å². The number of rotatable bonds is 11. The molecule has 0 aliphatic carbocycles. The van der Waals surface area contributed by atoms with Gasteiger partial charge in [0.15, 0.2) is 11.5 Å². The highest BCUT2D eigenvalue weighted by Gasteiger charge is 2.22. The number of amides is 2. The molecule has 0 saturated heterocycles. The third kappa shape index (κ3) is 6.44. The maximum absolute atomic E-state index is 13.0. The molecule has 3 aromatic carbocycles. The van der Waals surface area contributed by atoms with Gasteiger partial charge in [-0.05, 0) is 72.0 Å². The number of thiophene rings is 1. The van der Waals surface area contributed by atoms with Crippen molar-refractivity contribution in [2.45, 2.75) is 10.6 Å². The lowest BCUT2D eigenvalue weighted by Crippen LogP contribution is -2.27. The number of carbonyl (C=O) groups is 2. The quantitative estimate of drug-likeness (QED) is 0.264. The molecule has 40 heavy (non-hydrogen) atoms. The van der Waals surface area contributed by atoms with Gasteiger partial charge in [0, 0.05) is 19.2 Å². The van der Waals surface area contributed by atoms with Gasteiger partial charge in [-0.15, -0.1) is 11.3 Å². The second kappa shape index (κ2) is 12.7. The van der Waals surface area contributed by atoms with Gasteiger partial charge in [-0.3, -0.25) is 13.9 Å². The Morgan fingerprint density at radius 3 is 2.27 bits per heavy atom. The lowest BCUT2D eigenvalue weighted by Gasteiger charge is -2.18. The summed E-state index contributed by atoms with van der Waals surface area (Å²) in [4.78, 5) is 25.9. The fourth-order valence-electron chi connectivity index (χ4n) is 3.94. The van der Waals surface area contributed by atoms with E-state index in [4.69, 9.17) is 9.47 Å². The zero-order valence-corrected chi connectivity index (χ0v) is 23.8. The van der Waals surface area contributed by atoms with E-state index in [-0.39, 0.29) is 10.1 Å². The number of nitrogens with one attached hydrogen (secondary N) is 2. The second-order valence-corrected chi connectivity index (χ2v) is 11.8. The first-order valence-electron chi connectivity index (χ1n) is 12.3. The Morgan fingerprint density at radius 2 is 1.60 bits per heavy atom. The van der Waals surface area contributed by atoms with Gasteiger partial charge < -0.3 is 20.1 Å². The molecule has 0 saturated carbocycles. The molecule has 0 fully saturated rings. The fraction of sp³-hybridized carbons (Fsp3) is 0.172. The minimum Gasteiger partial charge on any atom is -0.493 e. The molecule has 0 aliphatic heterocycles. The van der Waals surface area contributed by atoms with Crippen LogP contribution in [0.1, 0.15) is 26.3 Å². The first-order chi connectivity index (χ1) is 19.2. The van der Waals surface area contributed by atoms with Crippen LogP contribution in [0.3, 0.4) is 0 Å². The smallest absolute Gasteiger partial charge is 0.273 e. The number of para-hydroxylation sites is 1. The zero-order chi connectivity index (χ0) is 28.7. The van der Waals surface area contributed by atoms with Crippen molar-refractivity contribution in [3.63, 3.8) is 0 Å². The molecule has 9 nitrogen and oxygen atoms in total. The summed E-state index contributed by atoms with van der Waals surface area (Å²) in [6.45, 7) is 0.375. The molecule has 0 radical (unpaired) electrons. The molecule has 11 heteroatoms. The van der Waals surface area contributed by atoms with Crippen LogP contribution < -0.4 is 24.4 Å². The van der Waals surface area contributed by atoms with Crippen molar-refractivity contribution in [3.8, 4) is 11.5 Å². The highest BCUT2D eigenvalue weighted by molar-refractivity contribution is 7.94. The predicted molar refractivity (Wildman–Crippen MR) is 156 cm³/mol. The maximum Gasteiger partial charge on any atom is 0.273 e. The average molecular weight is 580 g/mol. The van der Waals surface area contributed by atoms with E-state index in [0.717, 1.165) is 16.9 Å². The van der Waals surface area contributed by atoms with E-state index in [1.165, 1.54) is 23.5 Å². The number of ether oxygens (including phenoxy) is 2. The molecule has 208 valence electrons. The van der Waals surface area contributed by atoms with Crippen molar-refractivity contribution < 1.29 is 27.5 Å². The number of methoxy groups -OCH3 is 2. The number of anilines is 2. The first kappa shape index (κ1) is 28.7. The Morgan fingerprint density at radius 1 is 0.875 bits per heavy atom. The van der Waals surface area contributed by atoms with Crippen LogP contribution in [0, 0.1) is 0 Å². The van der Waals surface area contributed by atoms with E-state index in [1.54, 1.807) is 68.1 Å². The molecular formula is C29H29N3O6S2. The third-order valence-electron chi connectivity index (χ3n) is 6.17. The summed E-state index contributed by atoms with van der Waals surface area (Å²) in [6, 6.07) is 21.7. The number of nitrogens with zero attached hydrogens (tertiary/aromatic N) is 1. The molecule has 0 bridgehead atoms. The van der Waals surface area contributed by atoms with Gasteiger partial charge in [0.05, 0.1) is 31.2 Å². The summed E-state index contributed by atoms with van der Waals surface area (Å²) in [5.41, 5.74) is 2.38. The number of carbonyl (C=O) groups excluding carboxylic acids is 2. The summed E-state index contributed by atoms with van der Waals surface area (Å²) < 4.78 is 37.5. The van der Waals surface area contributed by atoms with Crippen molar-refractivity contribution in [3.05, 3.63) is 101 Å². The third-order valence-corrected chi connectivity index (χ3v) is 9.33. The van der Waals surface area contributed by atoms with E-state index in [0.29, 0.717) is 47.0 Å². The zero-order valence-electron chi connectivity index (χ0n) is 22.2. The predicted octanol–water partition coefficient (Wildman–Crippen LogP) is 4.82. The van der Waals surface area contributed by atoms with Gasteiger partial charge in [-0.25, -0.2) is 8.42 Å². The Labute approximate surface area is 237 Å². The number of benzene rings is 3. The lowest BCUT2D eigenvalue weighted by atomic mass is 10.1. The molecule has 0 unspecified atom stereocenters. The largest absolute Gasteiger partial charge is 0.493 e. The van der Waals surface area contributed by atoms with E-state index in [9.17, 15) is 18.0 Å². The molecule has 1 aromatic heterocycles. The maximum atomic E-state index is 13.0. The number of hydrogen-bond donors (Lipinski definition) is 2. The van der Waals surface area contributed by atoms with Gasteiger partial charge in [0.2, 0.25) is 0 Å². The van der Waals surface area contributed by atoms with Gasteiger partial charge in [-0.2, -0.15) is 0 Å². The highest BCUT2D eigenvalue weighted by atomic mass is 32.2. The number of sulfonamides is 1. The second-order valence-electron chi connectivity index (χ2n) is 8.65. The van der Waals surface area contributed by atoms with Gasteiger partial charge in [0.25, 0.3) is 21.8 Å². The summed E-state index contributed by atoms with van der Waals surface area (Å²) in [5.74, 6) is 0.487. The normalized spacial score (nSPS) is 11.0. The van der Waals surface area contributed by atoms with Crippen molar-refractivity contribution in [2.75, 3.05) is 37.4 Å². The summed E-state index contributed by atoms with van der Waals surface area (Å²) in [7, 11) is 0.919. The van der Waals surface area contributed by atoms with Crippen molar-refractivity contribution in [2.24, 2.45) is 0 Å². The fourth-order valence-corrected chi connectivity index (χ4v) is 6.30. The highest BCUT2D eigenvalue weighted by Crippen LogP contribution is 2.28. The first-order valence-corrected chi connectivity index (χ1v) is 14.6. The molecular weight excluding hydrogens is 550 g/mol. The minimum absolute atomic E-state index is 0.232. The van der Waals surface area contributed by atoms with E-state index in [2.05, 4.69) is 10.6 Å². The molecule has 1 heterocycles. The lowest BCUT2D eigenvalue weighted by molar-refractivity contribution is 0.0955. The Bertz CT molecular complexity index is 1590. The SMILES string of the molecule is COc1ccc(CCNC(=O)c2ccccc2NC(=O)c2ccc(N(C)S(=O)(=O)c3cccs3)cc2)cc1OC. The summed E-state index contributed by atoms with van der Waals surface area (Å²) in [5, 5.41) is 7.37. The molecule has 2 N–H and O–H groups in total. The van der Waals surface area contributed by atoms with Crippen LogP contribution in [-0.4, -0.2) is 48.0 Å². The van der Waals surface area contributed by atoms with Gasteiger partial charge >= 0.3 is 0 Å². The van der Waals surface area contributed by atoms with Crippen LogP contribution >= 0.6 is 11.3 Å². The van der Waals surface area contributed by atoms with Crippen LogP contribution in [0.25, 0.3) is 0 Å². The van der Waals surface area contributed by atoms with E-state index < -0.39 is 15.9 Å².